The second kappa shape index (κ2) is 8.05. The third-order valence-corrected chi connectivity index (χ3v) is 4.83. The van der Waals surface area contributed by atoms with Crippen LogP contribution in [0, 0.1) is 54.6 Å². The summed E-state index contributed by atoms with van der Waals surface area (Å²) in [5.41, 5.74) is -2.05. The fourth-order valence-electron chi connectivity index (χ4n) is 3.32. The fraction of sp³-hybridized carbons (Fsp3) is 0.143. The van der Waals surface area contributed by atoms with Crippen molar-refractivity contribution in [2.45, 2.75) is 13.8 Å². The van der Waals surface area contributed by atoms with Crippen molar-refractivity contribution in [1.29, 1.82) is 0 Å². The molecule has 156 valence electrons. The van der Waals surface area contributed by atoms with Crippen molar-refractivity contribution in [3.8, 4) is 5.75 Å². The second-order valence-electron chi connectivity index (χ2n) is 6.78. The van der Waals surface area contributed by atoms with Gasteiger partial charge in [0.05, 0.1) is 7.11 Å². The van der Waals surface area contributed by atoms with Crippen LogP contribution in [0.15, 0.2) is 30.3 Å². The molecule has 0 radical (unpaired) electrons. The van der Waals surface area contributed by atoms with E-state index in [1.165, 1.54) is 13.8 Å². The number of benzene rings is 3. The lowest BCUT2D eigenvalue weighted by Crippen LogP contribution is -2.57. The van der Waals surface area contributed by atoms with Gasteiger partial charge in [-0.3, -0.25) is 0 Å². The van der Waals surface area contributed by atoms with Crippen LogP contribution in [0.4, 0.5) is 30.7 Å². The van der Waals surface area contributed by atoms with E-state index >= 15 is 4.39 Å². The lowest BCUT2D eigenvalue weighted by atomic mass is 9.36. The van der Waals surface area contributed by atoms with Crippen LogP contribution in [0.3, 0.4) is 0 Å². The Balaban J connectivity index is 2.45. The highest BCUT2D eigenvalue weighted by Crippen LogP contribution is 2.22. The monoisotopic (exact) mass is 426 g/mol. The molecule has 0 heterocycles. The summed E-state index contributed by atoms with van der Waals surface area (Å²) >= 11 is 0. The summed E-state index contributed by atoms with van der Waals surface area (Å²) in [6.45, 7) is 0.733. The van der Waals surface area contributed by atoms with E-state index in [1.807, 2.05) is 0 Å². The molecule has 0 aromatic heterocycles. The van der Waals surface area contributed by atoms with Crippen LogP contribution in [0.25, 0.3) is 0 Å². The minimum atomic E-state index is -1.82. The molecule has 3 rings (SSSR count). The van der Waals surface area contributed by atoms with Gasteiger partial charge in [0, 0.05) is 23.7 Å². The summed E-state index contributed by atoms with van der Waals surface area (Å²) in [6.07, 6.45) is 0. The standard InChI is InChI=1S/C21H14BF7O/c1-9-4-11(15(25)6-13(9)23)22(12-5-10(2)14(24)7-16(12)26)19-17(27)8-18(28)21(30-3)20(19)29/h4-8H,1-3H3. The Hall–Kier alpha value is -2.97. The maximum atomic E-state index is 15.0. The SMILES string of the molecule is COc1c(F)cc(F)c(B(c2cc(C)c(F)cc2F)c2cc(C)c(F)cc2F)c1F. The van der Waals surface area contributed by atoms with Gasteiger partial charge in [-0.1, -0.05) is 12.1 Å². The Morgan fingerprint density at radius 2 is 1.03 bits per heavy atom. The minimum absolute atomic E-state index is 0.0782. The molecule has 9 heteroatoms. The molecule has 3 aromatic rings. The largest absolute Gasteiger partial charge is 0.491 e. The minimum Gasteiger partial charge on any atom is -0.491 e. The van der Waals surface area contributed by atoms with Gasteiger partial charge >= 0.3 is 0 Å². The Labute approximate surface area is 168 Å². The molecule has 0 aliphatic rings. The highest BCUT2D eigenvalue weighted by molar-refractivity contribution is 6.95. The molecule has 3 aromatic carbocycles. The van der Waals surface area contributed by atoms with Gasteiger partial charge in [0.1, 0.15) is 29.1 Å². The van der Waals surface area contributed by atoms with Crippen molar-refractivity contribution < 1.29 is 35.5 Å². The van der Waals surface area contributed by atoms with E-state index in [1.54, 1.807) is 0 Å². The van der Waals surface area contributed by atoms with Crippen molar-refractivity contribution in [1.82, 2.24) is 0 Å². The van der Waals surface area contributed by atoms with Crippen molar-refractivity contribution in [3.63, 3.8) is 0 Å². The summed E-state index contributed by atoms with van der Waals surface area (Å²) in [6, 6.07) is 3.21. The molecule has 30 heavy (non-hydrogen) atoms. The number of methoxy groups -OCH3 is 1. The second-order valence-corrected chi connectivity index (χ2v) is 6.78. The number of aryl methyl sites for hydroxylation is 2. The van der Waals surface area contributed by atoms with Crippen LogP contribution in [0.1, 0.15) is 11.1 Å². The molecular formula is C21H14BF7O. The smallest absolute Gasteiger partial charge is 0.256 e. The quantitative estimate of drug-likeness (QED) is 0.456. The lowest BCUT2D eigenvalue weighted by Gasteiger charge is -2.21. The van der Waals surface area contributed by atoms with Gasteiger partial charge in [-0.05, 0) is 35.9 Å². The van der Waals surface area contributed by atoms with Gasteiger partial charge in [-0.25, -0.2) is 30.7 Å². The van der Waals surface area contributed by atoms with Gasteiger partial charge in [0.15, 0.2) is 17.4 Å². The number of hydrogen-bond donors (Lipinski definition) is 0. The summed E-state index contributed by atoms with van der Waals surface area (Å²) in [5.74, 6) is -9.58. The van der Waals surface area contributed by atoms with E-state index in [-0.39, 0.29) is 11.1 Å². The maximum Gasteiger partial charge on any atom is 0.256 e. The third kappa shape index (κ3) is 3.64. The lowest BCUT2D eigenvalue weighted by molar-refractivity contribution is 0.358. The molecule has 0 N–H and O–H groups in total. The summed E-state index contributed by atoms with van der Waals surface area (Å²) in [4.78, 5) is 0. The molecule has 0 spiro atoms. The van der Waals surface area contributed by atoms with E-state index in [0.29, 0.717) is 18.2 Å². The number of ether oxygens (including phenoxy) is 1. The van der Waals surface area contributed by atoms with E-state index in [2.05, 4.69) is 4.74 Å². The van der Waals surface area contributed by atoms with Crippen LogP contribution in [0.2, 0.25) is 0 Å². The van der Waals surface area contributed by atoms with Gasteiger partial charge in [-0.15, -0.1) is 0 Å². The predicted molar refractivity (Wildman–Crippen MR) is 99.7 cm³/mol. The molecule has 0 amide bonds. The number of halogens is 7. The molecule has 0 unspecified atom stereocenters. The van der Waals surface area contributed by atoms with Crippen molar-refractivity contribution in [3.05, 3.63) is 82.2 Å². The molecule has 0 aliphatic carbocycles. The molecular weight excluding hydrogens is 412 g/mol. The number of rotatable bonds is 4. The van der Waals surface area contributed by atoms with E-state index in [0.717, 1.165) is 19.2 Å². The van der Waals surface area contributed by atoms with Crippen LogP contribution >= 0.6 is 0 Å². The Kier molecular flexibility index (Phi) is 5.83. The zero-order valence-electron chi connectivity index (χ0n) is 16.0. The highest BCUT2D eigenvalue weighted by Gasteiger charge is 2.36. The van der Waals surface area contributed by atoms with Crippen molar-refractivity contribution in [2.75, 3.05) is 7.11 Å². The van der Waals surface area contributed by atoms with Crippen molar-refractivity contribution in [2.24, 2.45) is 0 Å². The Bertz CT molecular complexity index is 1090. The average molecular weight is 426 g/mol. The van der Waals surface area contributed by atoms with Gasteiger partial charge < -0.3 is 4.74 Å². The van der Waals surface area contributed by atoms with Crippen LogP contribution in [-0.2, 0) is 0 Å². The third-order valence-electron chi connectivity index (χ3n) is 4.83. The molecule has 0 bridgehead atoms. The summed E-state index contributed by atoms with van der Waals surface area (Å²) < 4.78 is 105. The Morgan fingerprint density at radius 1 is 0.600 bits per heavy atom. The maximum absolute atomic E-state index is 15.0. The van der Waals surface area contributed by atoms with E-state index in [4.69, 9.17) is 0 Å². The topological polar surface area (TPSA) is 9.23 Å². The zero-order valence-corrected chi connectivity index (χ0v) is 16.0. The highest BCUT2D eigenvalue weighted by atomic mass is 19.2. The molecule has 0 fully saturated rings. The first-order valence-electron chi connectivity index (χ1n) is 8.69. The van der Waals surface area contributed by atoms with Gasteiger partial charge in [-0.2, -0.15) is 0 Å². The molecule has 0 aliphatic heterocycles. The van der Waals surface area contributed by atoms with Gasteiger partial charge in [0.2, 0.25) is 0 Å². The predicted octanol–water partition coefficient (Wildman–Crippen LogP) is 3.80. The average Bonchev–Trinajstić information content (AvgIpc) is 2.65. The molecule has 0 saturated carbocycles. The first kappa shape index (κ1) is 21.7. The van der Waals surface area contributed by atoms with Gasteiger partial charge in [0.25, 0.3) is 6.71 Å². The first-order chi connectivity index (χ1) is 14.1. The van der Waals surface area contributed by atoms with Crippen LogP contribution in [0.5, 0.6) is 5.75 Å². The van der Waals surface area contributed by atoms with E-state index in [9.17, 15) is 26.3 Å². The summed E-state index contributed by atoms with van der Waals surface area (Å²) in [7, 11) is 0.934. The van der Waals surface area contributed by atoms with Crippen LogP contribution < -0.4 is 21.1 Å². The normalized spacial score (nSPS) is 11.0. The zero-order chi connectivity index (χ0) is 22.3. The fourth-order valence-corrected chi connectivity index (χ4v) is 3.32. The number of hydrogen-bond acceptors (Lipinski definition) is 1. The van der Waals surface area contributed by atoms with E-state index < -0.39 is 69.6 Å². The van der Waals surface area contributed by atoms with Crippen LogP contribution in [-0.4, -0.2) is 13.8 Å². The molecule has 1 nitrogen and oxygen atoms in total. The Morgan fingerprint density at radius 3 is 1.47 bits per heavy atom. The molecule has 0 saturated heterocycles. The first-order valence-corrected chi connectivity index (χ1v) is 8.69. The molecule has 0 atom stereocenters. The summed E-state index contributed by atoms with van der Waals surface area (Å²) in [5, 5.41) is 0. The van der Waals surface area contributed by atoms with Crippen molar-refractivity contribution >= 4 is 23.1 Å².